The fourth-order valence-electron chi connectivity index (χ4n) is 0.789. The molecule has 0 heterocycles. The molecule has 0 aromatic carbocycles. The van der Waals surface area contributed by atoms with Gasteiger partial charge in [-0.15, -0.1) is 6.04 Å². The highest BCUT2D eigenvalue weighted by atomic mass is 31.2. The summed E-state index contributed by atoms with van der Waals surface area (Å²) in [6.07, 6.45) is -12.3. The molecule has 0 amide bonds. The number of phosphoric acid groups is 1. The van der Waals surface area contributed by atoms with Gasteiger partial charge in [0.05, 0.1) is 0 Å². The minimum atomic E-state index is -4.64. The van der Waals surface area contributed by atoms with Gasteiger partial charge in [-0.25, -0.2) is 4.57 Å². The molecule has 5 nitrogen and oxygen atoms in total. The molecule has 0 aromatic rings. The number of nitrogens with zero attached hydrogens (tertiary/aromatic N) is 1. The van der Waals surface area contributed by atoms with Gasteiger partial charge in [0.1, 0.15) is 0 Å². The Morgan fingerprint density at radius 1 is 1.00 bits per heavy atom. The number of halogens is 6. The summed E-state index contributed by atoms with van der Waals surface area (Å²) in [6.45, 7) is 0. The summed E-state index contributed by atoms with van der Waals surface area (Å²) in [5.41, 5.74) is 0. The van der Waals surface area contributed by atoms with E-state index in [9.17, 15) is 26.3 Å². The van der Waals surface area contributed by atoms with E-state index in [0.29, 0.717) is 0 Å². The first-order valence-electron chi connectivity index (χ1n) is 4.15. The summed E-state index contributed by atoms with van der Waals surface area (Å²) in [5.74, 6) is 0. The fourth-order valence-corrected chi connectivity index (χ4v) is 0.789. The molecule has 0 aromatic heterocycles. The molecule has 12 heteroatoms. The van der Waals surface area contributed by atoms with Crippen LogP contribution in [0.4, 0.5) is 26.3 Å². The first-order valence-corrected chi connectivity index (χ1v) is 5.71. The van der Waals surface area contributed by atoms with Gasteiger partial charge in [0.2, 0.25) is 0 Å². The maximum Gasteiger partial charge on any atom is 0.466 e. The standard InChI is InChI=1S/C6H8F6N.H3O4P/c1-13-4(2-5(7,8)9)3-6(10,11)12;1-5(2,3)4/h4H,2-3H2,1H3;(H3,1,2,3,4)/q-1;. The first kappa shape index (κ1) is 20.0. The van der Waals surface area contributed by atoms with E-state index in [2.05, 4.69) is 5.32 Å². The zero-order valence-corrected chi connectivity index (χ0v) is 9.80. The number of rotatable bonds is 3. The van der Waals surface area contributed by atoms with Crippen molar-refractivity contribution in [3.05, 3.63) is 5.32 Å². The monoisotopic (exact) mass is 306 g/mol. The van der Waals surface area contributed by atoms with Crippen LogP contribution in [0.1, 0.15) is 12.8 Å². The van der Waals surface area contributed by atoms with Crippen molar-refractivity contribution < 1.29 is 45.6 Å². The Labute approximate surface area is 98.0 Å². The molecule has 0 saturated heterocycles. The van der Waals surface area contributed by atoms with E-state index in [0.717, 1.165) is 7.05 Å². The third-order valence-corrected chi connectivity index (χ3v) is 1.30. The summed E-state index contributed by atoms with van der Waals surface area (Å²) >= 11 is 0. The van der Waals surface area contributed by atoms with E-state index in [1.807, 2.05) is 0 Å². The summed E-state index contributed by atoms with van der Waals surface area (Å²) in [4.78, 5) is 21.6. The van der Waals surface area contributed by atoms with Gasteiger partial charge in [-0.05, 0) is 0 Å². The third-order valence-electron chi connectivity index (χ3n) is 1.30. The normalized spacial score (nSPS) is 13.3. The average Bonchev–Trinajstić information content (AvgIpc) is 1.93. The lowest BCUT2D eigenvalue weighted by Crippen LogP contribution is -2.24. The lowest BCUT2D eigenvalue weighted by atomic mass is 10.1. The smallest absolute Gasteiger partial charge is 0.466 e. The minimum absolute atomic E-state index is 0.947. The van der Waals surface area contributed by atoms with Gasteiger partial charge in [-0.3, -0.25) is 0 Å². The molecule has 112 valence electrons. The number of hydrogen-bond donors (Lipinski definition) is 3. The summed E-state index contributed by atoms with van der Waals surface area (Å²) in [7, 11) is -3.69. The highest BCUT2D eigenvalue weighted by molar-refractivity contribution is 7.45. The maximum atomic E-state index is 11.6. The van der Waals surface area contributed by atoms with Crippen LogP contribution < -0.4 is 0 Å². The second kappa shape index (κ2) is 7.29. The van der Waals surface area contributed by atoms with Gasteiger partial charge in [-0.2, -0.15) is 33.4 Å². The van der Waals surface area contributed by atoms with E-state index < -0.39 is 39.1 Å². The highest BCUT2D eigenvalue weighted by Gasteiger charge is 2.34. The van der Waals surface area contributed by atoms with E-state index in [1.54, 1.807) is 0 Å². The van der Waals surface area contributed by atoms with E-state index in [-0.39, 0.29) is 0 Å². The Morgan fingerprint density at radius 3 is 1.33 bits per heavy atom. The van der Waals surface area contributed by atoms with Crippen molar-refractivity contribution in [1.29, 1.82) is 0 Å². The number of alkyl halides is 6. The van der Waals surface area contributed by atoms with Crippen molar-refractivity contribution in [2.45, 2.75) is 31.2 Å². The van der Waals surface area contributed by atoms with Crippen LogP contribution in [0, 0.1) is 0 Å². The molecule has 0 unspecified atom stereocenters. The largest absolute Gasteiger partial charge is 0.662 e. The van der Waals surface area contributed by atoms with E-state index in [1.165, 1.54) is 0 Å². The maximum absolute atomic E-state index is 11.6. The molecule has 0 radical (unpaired) electrons. The molecule has 0 fully saturated rings. The highest BCUT2D eigenvalue weighted by Crippen LogP contribution is 2.31. The molecule has 0 aliphatic carbocycles. The average molecular weight is 306 g/mol. The topological polar surface area (TPSA) is 91.9 Å². The second-order valence-electron chi connectivity index (χ2n) is 3.06. The molecule has 0 atom stereocenters. The van der Waals surface area contributed by atoms with Crippen molar-refractivity contribution >= 4 is 7.82 Å². The Morgan fingerprint density at radius 2 is 1.22 bits per heavy atom. The third kappa shape index (κ3) is 24.7. The van der Waals surface area contributed by atoms with Gasteiger partial charge in [0.25, 0.3) is 0 Å². The molecule has 18 heavy (non-hydrogen) atoms. The van der Waals surface area contributed by atoms with Crippen LogP contribution in [0.15, 0.2) is 0 Å². The van der Waals surface area contributed by atoms with Crippen LogP contribution in [0.5, 0.6) is 0 Å². The molecule has 0 spiro atoms. The Kier molecular flexibility index (Phi) is 8.09. The Balaban J connectivity index is 0. The van der Waals surface area contributed by atoms with Crippen LogP contribution >= 0.6 is 7.82 Å². The van der Waals surface area contributed by atoms with Gasteiger partial charge in [-0.1, -0.05) is 0 Å². The van der Waals surface area contributed by atoms with Crippen molar-refractivity contribution in [3.8, 4) is 0 Å². The van der Waals surface area contributed by atoms with Gasteiger partial charge in [0, 0.05) is 12.8 Å². The predicted octanol–water partition coefficient (Wildman–Crippen LogP) is 2.33. The summed E-state index contributed by atoms with van der Waals surface area (Å²) < 4.78 is 78.7. The van der Waals surface area contributed by atoms with Crippen molar-refractivity contribution in [2.24, 2.45) is 0 Å². The van der Waals surface area contributed by atoms with Crippen LogP contribution in [0.25, 0.3) is 5.32 Å². The molecular formula is C6H11F6NO4P-. The van der Waals surface area contributed by atoms with Crippen molar-refractivity contribution in [1.82, 2.24) is 0 Å². The SMILES string of the molecule is C[N-]C(CC(F)(F)F)CC(F)(F)F.O=P(O)(O)O. The molecular weight excluding hydrogens is 295 g/mol. The van der Waals surface area contributed by atoms with Crippen LogP contribution in [-0.2, 0) is 4.57 Å². The number of hydrogen-bond acceptors (Lipinski definition) is 1. The van der Waals surface area contributed by atoms with Crippen molar-refractivity contribution in [3.63, 3.8) is 0 Å². The second-order valence-corrected chi connectivity index (χ2v) is 4.09. The Bertz CT molecular complexity index is 250. The minimum Gasteiger partial charge on any atom is -0.662 e. The molecule has 0 aliphatic heterocycles. The quantitative estimate of drug-likeness (QED) is 0.551. The lowest BCUT2D eigenvalue weighted by molar-refractivity contribution is -0.159. The lowest BCUT2D eigenvalue weighted by Gasteiger charge is -2.29. The molecule has 0 bridgehead atoms. The first-order chi connectivity index (χ1) is 7.64. The van der Waals surface area contributed by atoms with Crippen LogP contribution in [0.3, 0.4) is 0 Å². The molecule has 0 aliphatic rings. The Hall–Kier alpha value is -0.350. The zero-order chi connectivity index (χ0) is 15.2. The molecule has 3 N–H and O–H groups in total. The predicted molar refractivity (Wildman–Crippen MR) is 48.7 cm³/mol. The summed E-state index contributed by atoms with van der Waals surface area (Å²) in [6, 6.07) is -1.72. The molecule has 0 saturated carbocycles. The van der Waals surface area contributed by atoms with Gasteiger partial charge in [0.15, 0.2) is 0 Å². The fraction of sp³-hybridized carbons (Fsp3) is 1.00. The van der Waals surface area contributed by atoms with Crippen LogP contribution in [-0.4, -0.2) is 40.1 Å². The van der Waals surface area contributed by atoms with E-state index in [4.69, 9.17) is 19.2 Å². The summed E-state index contributed by atoms with van der Waals surface area (Å²) in [5, 5.41) is 3.02. The van der Waals surface area contributed by atoms with E-state index >= 15 is 0 Å². The van der Waals surface area contributed by atoms with Crippen LogP contribution in [0.2, 0.25) is 0 Å². The molecule has 0 rings (SSSR count). The van der Waals surface area contributed by atoms with Gasteiger partial charge >= 0.3 is 20.2 Å². The van der Waals surface area contributed by atoms with Gasteiger partial charge < -0.3 is 20.0 Å². The van der Waals surface area contributed by atoms with Crippen molar-refractivity contribution in [2.75, 3.05) is 7.05 Å². The zero-order valence-electron chi connectivity index (χ0n) is 8.90.